The lowest BCUT2D eigenvalue weighted by Crippen LogP contribution is -2.12. The molecule has 1 aromatic rings. The highest BCUT2D eigenvalue weighted by Crippen LogP contribution is 2.34. The molecular formula is C13H19NS2. The zero-order valence-corrected chi connectivity index (χ0v) is 11.8. The molecule has 0 bridgehead atoms. The number of likely N-dealkylation sites (N-methyl/N-ethyl adjacent to an activating group) is 1. The molecule has 1 aliphatic rings. The van der Waals surface area contributed by atoms with E-state index in [1.807, 2.05) is 18.4 Å². The lowest BCUT2D eigenvalue weighted by Gasteiger charge is -2.09. The molecule has 88 valence electrons. The van der Waals surface area contributed by atoms with Crippen LogP contribution >= 0.6 is 23.1 Å². The van der Waals surface area contributed by atoms with Crippen molar-refractivity contribution in [3.63, 3.8) is 0 Å². The highest BCUT2D eigenvalue weighted by molar-refractivity contribution is 7.98. The summed E-state index contributed by atoms with van der Waals surface area (Å²) in [6.45, 7) is 4.32. The number of aryl methyl sites for hydroxylation is 1. The van der Waals surface area contributed by atoms with E-state index in [1.54, 1.807) is 10.4 Å². The van der Waals surface area contributed by atoms with E-state index in [0.29, 0.717) is 6.04 Å². The van der Waals surface area contributed by atoms with Crippen molar-refractivity contribution in [1.29, 1.82) is 0 Å². The Bertz CT molecular complexity index is 365. The van der Waals surface area contributed by atoms with Gasteiger partial charge in [0.05, 0.1) is 6.04 Å². The second kappa shape index (κ2) is 5.39. The highest BCUT2D eigenvalue weighted by atomic mass is 32.2. The SMILES string of the molecule is CNC(C=C(C)C)c1cc2c(s1)CCSC2. The fourth-order valence-electron chi connectivity index (χ4n) is 1.96. The van der Waals surface area contributed by atoms with E-state index in [4.69, 9.17) is 0 Å². The van der Waals surface area contributed by atoms with Crippen LogP contribution in [0.4, 0.5) is 0 Å². The molecule has 2 heterocycles. The Kier molecular flexibility index (Phi) is 4.11. The van der Waals surface area contributed by atoms with Crippen molar-refractivity contribution < 1.29 is 0 Å². The summed E-state index contributed by atoms with van der Waals surface area (Å²) in [6, 6.07) is 2.79. The number of allylic oxidation sites excluding steroid dienone is 1. The summed E-state index contributed by atoms with van der Waals surface area (Å²) in [5.74, 6) is 2.50. The molecule has 1 aromatic heterocycles. The molecule has 0 fully saturated rings. The maximum Gasteiger partial charge on any atom is 0.0600 e. The van der Waals surface area contributed by atoms with Crippen molar-refractivity contribution in [2.75, 3.05) is 12.8 Å². The molecule has 16 heavy (non-hydrogen) atoms. The van der Waals surface area contributed by atoms with Gasteiger partial charge in [0.25, 0.3) is 0 Å². The molecule has 1 aliphatic heterocycles. The van der Waals surface area contributed by atoms with Gasteiger partial charge in [-0.2, -0.15) is 11.8 Å². The smallest absolute Gasteiger partial charge is 0.0600 e. The van der Waals surface area contributed by atoms with E-state index in [0.717, 1.165) is 0 Å². The van der Waals surface area contributed by atoms with Gasteiger partial charge in [0, 0.05) is 15.5 Å². The molecule has 0 amide bonds. The van der Waals surface area contributed by atoms with E-state index >= 15 is 0 Å². The fraction of sp³-hybridized carbons (Fsp3) is 0.538. The summed E-state index contributed by atoms with van der Waals surface area (Å²) in [5.41, 5.74) is 2.94. The lowest BCUT2D eigenvalue weighted by molar-refractivity contribution is 0.722. The van der Waals surface area contributed by atoms with E-state index in [9.17, 15) is 0 Å². The second-order valence-corrected chi connectivity index (χ2v) is 6.68. The average Bonchev–Trinajstić information content (AvgIpc) is 2.68. The molecule has 0 radical (unpaired) electrons. The first-order valence-electron chi connectivity index (χ1n) is 5.72. The van der Waals surface area contributed by atoms with E-state index < -0.39 is 0 Å². The minimum Gasteiger partial charge on any atom is -0.309 e. The second-order valence-electron chi connectivity index (χ2n) is 4.41. The van der Waals surface area contributed by atoms with Gasteiger partial charge in [-0.25, -0.2) is 0 Å². The number of thiophene rings is 1. The summed E-state index contributed by atoms with van der Waals surface area (Å²) in [4.78, 5) is 3.08. The molecule has 0 aliphatic carbocycles. The van der Waals surface area contributed by atoms with Crippen molar-refractivity contribution in [3.8, 4) is 0 Å². The predicted molar refractivity (Wildman–Crippen MR) is 75.4 cm³/mol. The quantitative estimate of drug-likeness (QED) is 0.823. The number of hydrogen-bond donors (Lipinski definition) is 1. The minimum absolute atomic E-state index is 0.394. The van der Waals surface area contributed by atoms with Crippen molar-refractivity contribution in [1.82, 2.24) is 5.32 Å². The largest absolute Gasteiger partial charge is 0.309 e. The van der Waals surface area contributed by atoms with Gasteiger partial charge in [0.1, 0.15) is 0 Å². The van der Waals surface area contributed by atoms with Gasteiger partial charge >= 0.3 is 0 Å². The Morgan fingerprint density at radius 1 is 1.50 bits per heavy atom. The normalized spacial score (nSPS) is 16.7. The van der Waals surface area contributed by atoms with Crippen LogP contribution in [0.2, 0.25) is 0 Å². The molecule has 2 rings (SSSR count). The minimum atomic E-state index is 0.394. The van der Waals surface area contributed by atoms with Gasteiger partial charge < -0.3 is 5.32 Å². The third kappa shape index (κ3) is 2.70. The molecule has 0 saturated heterocycles. The Morgan fingerprint density at radius 2 is 2.31 bits per heavy atom. The maximum absolute atomic E-state index is 3.39. The first kappa shape index (κ1) is 12.2. The lowest BCUT2D eigenvalue weighted by atomic mass is 10.1. The van der Waals surface area contributed by atoms with Gasteiger partial charge in [-0.3, -0.25) is 0 Å². The van der Waals surface area contributed by atoms with Crippen LogP contribution in [0.5, 0.6) is 0 Å². The van der Waals surface area contributed by atoms with E-state index in [2.05, 4.69) is 43.1 Å². The van der Waals surface area contributed by atoms with Crippen molar-refractivity contribution in [2.24, 2.45) is 0 Å². The highest BCUT2D eigenvalue weighted by Gasteiger charge is 2.16. The van der Waals surface area contributed by atoms with Crippen LogP contribution in [0.15, 0.2) is 17.7 Å². The van der Waals surface area contributed by atoms with Crippen molar-refractivity contribution >= 4 is 23.1 Å². The Hall–Kier alpha value is -0.250. The molecular weight excluding hydrogens is 234 g/mol. The molecule has 0 saturated carbocycles. The van der Waals surface area contributed by atoms with Gasteiger partial charge in [0.15, 0.2) is 0 Å². The Labute approximate surface area is 106 Å². The van der Waals surface area contributed by atoms with Gasteiger partial charge in [-0.05, 0) is 44.7 Å². The van der Waals surface area contributed by atoms with Crippen LogP contribution in [0.1, 0.15) is 35.2 Å². The first-order valence-corrected chi connectivity index (χ1v) is 7.69. The molecule has 1 atom stereocenters. The van der Waals surface area contributed by atoms with Crippen LogP contribution < -0.4 is 5.32 Å². The number of rotatable bonds is 3. The van der Waals surface area contributed by atoms with Crippen molar-refractivity contribution in [3.05, 3.63) is 33.0 Å². The number of nitrogens with one attached hydrogen (secondary N) is 1. The van der Waals surface area contributed by atoms with Gasteiger partial charge in [-0.15, -0.1) is 11.3 Å². The Balaban J connectivity index is 2.25. The zero-order chi connectivity index (χ0) is 11.5. The molecule has 0 aromatic carbocycles. The third-order valence-electron chi connectivity index (χ3n) is 2.76. The Morgan fingerprint density at radius 3 is 2.94 bits per heavy atom. The average molecular weight is 253 g/mol. The third-order valence-corrected chi connectivity index (χ3v) is 5.09. The van der Waals surface area contributed by atoms with Crippen LogP contribution in [0, 0.1) is 0 Å². The number of fused-ring (bicyclic) bond motifs is 1. The topological polar surface area (TPSA) is 12.0 Å². The molecule has 1 N–H and O–H groups in total. The summed E-state index contributed by atoms with van der Waals surface area (Å²) in [7, 11) is 2.04. The van der Waals surface area contributed by atoms with Crippen molar-refractivity contribution in [2.45, 2.75) is 32.1 Å². The summed E-state index contributed by atoms with van der Waals surface area (Å²) >= 11 is 4.04. The standard InChI is InChI=1S/C13H19NS2/c1-9(2)6-11(14-3)13-7-10-8-15-5-4-12(10)16-13/h6-7,11,14H,4-5,8H2,1-3H3. The number of thioether (sulfide) groups is 1. The van der Waals surface area contributed by atoms with Crippen LogP contribution in [0.3, 0.4) is 0 Å². The fourth-order valence-corrected chi connectivity index (χ4v) is 4.42. The molecule has 1 nitrogen and oxygen atoms in total. The van der Waals surface area contributed by atoms with Crippen LogP contribution in [-0.2, 0) is 12.2 Å². The van der Waals surface area contributed by atoms with Crippen LogP contribution in [0.25, 0.3) is 0 Å². The molecule has 0 spiro atoms. The van der Waals surface area contributed by atoms with Gasteiger partial charge in [-0.1, -0.05) is 11.6 Å². The van der Waals surface area contributed by atoms with E-state index in [-0.39, 0.29) is 0 Å². The maximum atomic E-state index is 3.39. The molecule has 3 heteroatoms. The predicted octanol–water partition coefficient (Wildman–Crippen LogP) is 3.76. The first-order chi connectivity index (χ1) is 7.70. The number of hydrogen-bond acceptors (Lipinski definition) is 3. The summed E-state index contributed by atoms with van der Waals surface area (Å²) < 4.78 is 0. The van der Waals surface area contributed by atoms with E-state index in [1.165, 1.54) is 28.4 Å². The molecule has 1 unspecified atom stereocenters. The summed E-state index contributed by atoms with van der Waals surface area (Å²) in [6.07, 6.45) is 3.57. The summed E-state index contributed by atoms with van der Waals surface area (Å²) in [5, 5.41) is 3.39. The monoisotopic (exact) mass is 253 g/mol. The zero-order valence-electron chi connectivity index (χ0n) is 10.2. The van der Waals surface area contributed by atoms with Gasteiger partial charge in [0.2, 0.25) is 0 Å². The van der Waals surface area contributed by atoms with Crippen LogP contribution in [-0.4, -0.2) is 12.8 Å².